The molecule has 6 heteroatoms. The Labute approximate surface area is 105 Å². The van der Waals surface area contributed by atoms with Crippen LogP contribution in [0.1, 0.15) is 37.9 Å². The first kappa shape index (κ1) is 12.0. The Morgan fingerprint density at radius 1 is 1.39 bits per heavy atom. The van der Waals surface area contributed by atoms with E-state index in [0.29, 0.717) is 25.6 Å². The van der Waals surface area contributed by atoms with Crippen molar-refractivity contribution in [1.29, 1.82) is 0 Å². The lowest BCUT2D eigenvalue weighted by Gasteiger charge is -2.09. The van der Waals surface area contributed by atoms with E-state index in [4.69, 9.17) is 0 Å². The van der Waals surface area contributed by atoms with Crippen molar-refractivity contribution in [2.45, 2.75) is 57.2 Å². The average Bonchev–Trinajstić information content (AvgIpc) is 2.94. The summed E-state index contributed by atoms with van der Waals surface area (Å²) in [6.45, 7) is 1.24. The number of nitrogens with one attached hydrogen (secondary N) is 1. The van der Waals surface area contributed by atoms with Gasteiger partial charge in [0.2, 0.25) is 5.92 Å². The summed E-state index contributed by atoms with van der Waals surface area (Å²) in [4.78, 5) is 4.20. The SMILES string of the molecule is FC1(F)CCC(Cn2cnc(CNC3CC3)n2)C1. The fraction of sp³-hybridized carbons (Fsp3) is 0.833. The zero-order chi connectivity index (χ0) is 12.6. The van der Waals surface area contributed by atoms with Gasteiger partial charge in [0.05, 0.1) is 6.54 Å². The Balaban J connectivity index is 1.50. The summed E-state index contributed by atoms with van der Waals surface area (Å²) in [5.41, 5.74) is 0. The molecule has 0 amide bonds. The number of halogens is 2. The standard InChI is InChI=1S/C12H18F2N4/c13-12(14)4-3-9(5-12)7-18-8-16-11(17-18)6-15-10-1-2-10/h8-10,15H,1-7H2. The molecule has 4 nitrogen and oxygen atoms in total. The largest absolute Gasteiger partial charge is 0.307 e. The quantitative estimate of drug-likeness (QED) is 0.875. The second-order valence-corrected chi connectivity index (χ2v) is 5.50. The fourth-order valence-electron chi connectivity index (χ4n) is 2.49. The van der Waals surface area contributed by atoms with Gasteiger partial charge in [-0.15, -0.1) is 0 Å². The summed E-state index contributed by atoms with van der Waals surface area (Å²) >= 11 is 0. The highest BCUT2D eigenvalue weighted by molar-refractivity contribution is 4.88. The maximum Gasteiger partial charge on any atom is 0.248 e. The molecule has 2 fully saturated rings. The summed E-state index contributed by atoms with van der Waals surface area (Å²) in [5.74, 6) is -1.68. The van der Waals surface area contributed by atoms with Gasteiger partial charge in [-0.1, -0.05) is 0 Å². The summed E-state index contributed by atoms with van der Waals surface area (Å²) in [6.07, 6.45) is 4.71. The molecule has 2 aliphatic carbocycles. The van der Waals surface area contributed by atoms with Crippen molar-refractivity contribution in [2.24, 2.45) is 5.92 Å². The van der Waals surface area contributed by atoms with E-state index >= 15 is 0 Å². The molecule has 2 saturated carbocycles. The van der Waals surface area contributed by atoms with Gasteiger partial charge in [-0.25, -0.2) is 13.8 Å². The van der Waals surface area contributed by atoms with Gasteiger partial charge >= 0.3 is 0 Å². The van der Waals surface area contributed by atoms with Crippen molar-refractivity contribution >= 4 is 0 Å². The number of nitrogens with zero attached hydrogens (tertiary/aromatic N) is 3. The lowest BCUT2D eigenvalue weighted by Crippen LogP contribution is -2.17. The van der Waals surface area contributed by atoms with Gasteiger partial charge in [0.15, 0.2) is 5.82 Å². The van der Waals surface area contributed by atoms with E-state index in [9.17, 15) is 8.78 Å². The van der Waals surface area contributed by atoms with Gasteiger partial charge in [-0.3, -0.25) is 4.68 Å². The van der Waals surface area contributed by atoms with Gasteiger partial charge in [0, 0.05) is 25.4 Å². The molecule has 0 saturated heterocycles. The lowest BCUT2D eigenvalue weighted by molar-refractivity contribution is 0.00422. The van der Waals surface area contributed by atoms with Crippen LogP contribution in [-0.4, -0.2) is 26.7 Å². The molecule has 1 aromatic rings. The van der Waals surface area contributed by atoms with E-state index in [1.165, 1.54) is 12.8 Å². The number of aromatic nitrogens is 3. The molecular formula is C12H18F2N4. The molecule has 1 aromatic heterocycles. The Hall–Kier alpha value is -1.04. The molecule has 100 valence electrons. The van der Waals surface area contributed by atoms with Gasteiger partial charge < -0.3 is 5.32 Å². The van der Waals surface area contributed by atoms with Crippen LogP contribution < -0.4 is 5.32 Å². The molecule has 1 heterocycles. The Morgan fingerprint density at radius 2 is 2.22 bits per heavy atom. The van der Waals surface area contributed by atoms with Crippen LogP contribution in [-0.2, 0) is 13.1 Å². The fourth-order valence-corrected chi connectivity index (χ4v) is 2.49. The number of hydrogen-bond acceptors (Lipinski definition) is 3. The van der Waals surface area contributed by atoms with E-state index in [0.717, 1.165) is 5.82 Å². The van der Waals surface area contributed by atoms with E-state index in [-0.39, 0.29) is 18.8 Å². The highest BCUT2D eigenvalue weighted by atomic mass is 19.3. The summed E-state index contributed by atoms with van der Waals surface area (Å²) < 4.78 is 27.8. The van der Waals surface area contributed by atoms with Gasteiger partial charge in [0.25, 0.3) is 0 Å². The Bertz CT molecular complexity index is 414. The van der Waals surface area contributed by atoms with Crippen LogP contribution in [0.2, 0.25) is 0 Å². The summed E-state index contributed by atoms with van der Waals surface area (Å²) in [5, 5.41) is 7.65. The minimum atomic E-state index is -2.47. The maximum atomic E-state index is 13.1. The van der Waals surface area contributed by atoms with Crippen molar-refractivity contribution in [3.05, 3.63) is 12.2 Å². The molecule has 3 rings (SSSR count). The van der Waals surface area contributed by atoms with E-state index in [1.807, 2.05) is 0 Å². The molecule has 0 aromatic carbocycles. The van der Waals surface area contributed by atoms with Gasteiger partial charge in [-0.05, 0) is 25.2 Å². The molecule has 2 aliphatic rings. The average molecular weight is 256 g/mol. The summed E-state index contributed by atoms with van der Waals surface area (Å²) in [7, 11) is 0. The highest BCUT2D eigenvalue weighted by Gasteiger charge is 2.39. The first-order chi connectivity index (χ1) is 8.61. The number of rotatable bonds is 5. The molecule has 0 radical (unpaired) electrons. The molecular weight excluding hydrogens is 238 g/mol. The van der Waals surface area contributed by atoms with Gasteiger partial charge in [-0.2, -0.15) is 5.10 Å². The van der Waals surface area contributed by atoms with Crippen molar-refractivity contribution in [3.8, 4) is 0 Å². The van der Waals surface area contributed by atoms with Crippen molar-refractivity contribution in [1.82, 2.24) is 20.1 Å². The second-order valence-electron chi connectivity index (χ2n) is 5.50. The van der Waals surface area contributed by atoms with Crippen LogP contribution in [0.4, 0.5) is 8.78 Å². The molecule has 1 unspecified atom stereocenters. The van der Waals surface area contributed by atoms with Crippen LogP contribution in [0, 0.1) is 5.92 Å². The maximum absolute atomic E-state index is 13.1. The van der Waals surface area contributed by atoms with E-state index in [1.54, 1.807) is 11.0 Å². The van der Waals surface area contributed by atoms with E-state index in [2.05, 4.69) is 15.4 Å². The number of alkyl halides is 2. The minimum Gasteiger partial charge on any atom is -0.307 e. The topological polar surface area (TPSA) is 42.7 Å². The van der Waals surface area contributed by atoms with Crippen molar-refractivity contribution in [3.63, 3.8) is 0 Å². The molecule has 0 bridgehead atoms. The third-order valence-electron chi connectivity index (χ3n) is 3.66. The second kappa shape index (κ2) is 4.57. The van der Waals surface area contributed by atoms with Crippen molar-refractivity contribution < 1.29 is 8.78 Å². The predicted octanol–water partition coefficient (Wildman–Crippen LogP) is 1.97. The monoisotopic (exact) mass is 256 g/mol. The van der Waals surface area contributed by atoms with Crippen LogP contribution >= 0.6 is 0 Å². The zero-order valence-corrected chi connectivity index (χ0v) is 10.3. The normalized spacial score (nSPS) is 26.7. The molecule has 1 N–H and O–H groups in total. The van der Waals surface area contributed by atoms with Crippen LogP contribution in [0.15, 0.2) is 6.33 Å². The van der Waals surface area contributed by atoms with Crippen LogP contribution in [0.25, 0.3) is 0 Å². The minimum absolute atomic E-state index is 0.0114. The molecule has 0 spiro atoms. The Morgan fingerprint density at radius 3 is 2.89 bits per heavy atom. The van der Waals surface area contributed by atoms with E-state index < -0.39 is 5.92 Å². The summed E-state index contributed by atoms with van der Waals surface area (Å²) in [6, 6.07) is 0.630. The zero-order valence-electron chi connectivity index (χ0n) is 10.3. The van der Waals surface area contributed by atoms with Crippen LogP contribution in [0.3, 0.4) is 0 Å². The Kier molecular flexibility index (Phi) is 3.05. The molecule has 18 heavy (non-hydrogen) atoms. The molecule has 0 aliphatic heterocycles. The first-order valence-corrected chi connectivity index (χ1v) is 6.60. The highest BCUT2D eigenvalue weighted by Crippen LogP contribution is 2.39. The third kappa shape index (κ3) is 3.04. The number of hydrogen-bond donors (Lipinski definition) is 1. The lowest BCUT2D eigenvalue weighted by atomic mass is 10.1. The first-order valence-electron chi connectivity index (χ1n) is 6.60. The van der Waals surface area contributed by atoms with Crippen molar-refractivity contribution in [2.75, 3.05) is 0 Å². The molecule has 1 atom stereocenters. The third-order valence-corrected chi connectivity index (χ3v) is 3.66. The van der Waals surface area contributed by atoms with Gasteiger partial charge in [0.1, 0.15) is 6.33 Å². The van der Waals surface area contributed by atoms with Crippen LogP contribution in [0.5, 0.6) is 0 Å². The smallest absolute Gasteiger partial charge is 0.248 e. The predicted molar refractivity (Wildman–Crippen MR) is 62.2 cm³/mol.